The van der Waals surface area contributed by atoms with Gasteiger partial charge in [0.25, 0.3) is 0 Å². The number of pyridine rings is 1. The molecule has 1 rings (SSSR count). The number of carbonyl (C=O) groups is 1. The molecule has 0 saturated carbocycles. The molecule has 0 aliphatic heterocycles. The number of carboxylic acid groups (broad SMARTS) is 1. The van der Waals surface area contributed by atoms with Gasteiger partial charge >= 0.3 is 5.97 Å². The number of aliphatic carboxylic acids is 1. The smallest absolute Gasteiger partial charge is 0.305 e. The van der Waals surface area contributed by atoms with Crippen molar-refractivity contribution in [2.75, 3.05) is 11.9 Å². The lowest BCUT2D eigenvalue weighted by Crippen LogP contribution is -2.31. The highest BCUT2D eigenvalue weighted by Crippen LogP contribution is 2.13. The molecule has 0 fully saturated rings. The normalized spacial score (nSPS) is 12.2. The molecule has 1 N–H and O–H groups in total. The fraction of sp³-hybridized carbons (Fsp3) is 0.455. The average Bonchev–Trinajstić information content (AvgIpc) is 2.17. The van der Waals surface area contributed by atoms with E-state index in [4.69, 9.17) is 5.11 Å². The Morgan fingerprint density at radius 3 is 2.73 bits per heavy atom. The third-order valence-corrected chi connectivity index (χ3v) is 2.39. The van der Waals surface area contributed by atoms with E-state index < -0.39 is 5.97 Å². The first-order valence-corrected chi connectivity index (χ1v) is 4.88. The summed E-state index contributed by atoms with van der Waals surface area (Å²) in [6, 6.07) is 3.80. The van der Waals surface area contributed by atoms with E-state index in [9.17, 15) is 4.79 Å². The molecular formula is C11H16N2O2. The molecule has 0 bridgehead atoms. The maximum atomic E-state index is 10.6. The molecule has 0 radical (unpaired) electrons. The van der Waals surface area contributed by atoms with Gasteiger partial charge in [0.05, 0.1) is 6.42 Å². The number of rotatable bonds is 4. The molecule has 0 aliphatic carbocycles. The molecule has 0 saturated heterocycles. The second-order valence-electron chi connectivity index (χ2n) is 3.75. The van der Waals surface area contributed by atoms with Crippen molar-refractivity contribution in [2.24, 2.45) is 0 Å². The highest BCUT2D eigenvalue weighted by molar-refractivity contribution is 5.68. The van der Waals surface area contributed by atoms with Crippen molar-refractivity contribution in [1.29, 1.82) is 0 Å². The van der Waals surface area contributed by atoms with E-state index in [1.807, 2.05) is 37.9 Å². The molecule has 82 valence electrons. The van der Waals surface area contributed by atoms with Crippen LogP contribution in [0.15, 0.2) is 18.3 Å². The van der Waals surface area contributed by atoms with Crippen molar-refractivity contribution in [2.45, 2.75) is 26.3 Å². The van der Waals surface area contributed by atoms with Crippen LogP contribution < -0.4 is 4.90 Å². The van der Waals surface area contributed by atoms with Gasteiger partial charge in [0.15, 0.2) is 0 Å². The van der Waals surface area contributed by atoms with Crippen LogP contribution in [0.1, 0.15) is 18.9 Å². The summed E-state index contributed by atoms with van der Waals surface area (Å²) in [5.74, 6) is 0.0100. The van der Waals surface area contributed by atoms with Crippen LogP contribution in [0.5, 0.6) is 0 Å². The van der Waals surface area contributed by atoms with Crippen LogP contribution in [0.2, 0.25) is 0 Å². The standard InChI is InChI=1S/C11H16N2O2/c1-8-4-5-10(12-7-8)13(3)9(2)6-11(14)15/h4-5,7,9H,6H2,1-3H3,(H,14,15). The summed E-state index contributed by atoms with van der Waals surface area (Å²) in [6.45, 7) is 3.84. The molecule has 0 spiro atoms. The first-order valence-electron chi connectivity index (χ1n) is 4.88. The Morgan fingerprint density at radius 1 is 1.60 bits per heavy atom. The van der Waals surface area contributed by atoms with E-state index >= 15 is 0 Å². The van der Waals surface area contributed by atoms with E-state index in [1.165, 1.54) is 0 Å². The Bertz CT molecular complexity index is 335. The van der Waals surface area contributed by atoms with E-state index in [1.54, 1.807) is 6.20 Å². The van der Waals surface area contributed by atoms with Crippen molar-refractivity contribution < 1.29 is 9.90 Å². The number of aromatic nitrogens is 1. The number of aryl methyl sites for hydroxylation is 1. The van der Waals surface area contributed by atoms with E-state index in [0.29, 0.717) is 0 Å². The monoisotopic (exact) mass is 208 g/mol. The quantitative estimate of drug-likeness (QED) is 0.818. The van der Waals surface area contributed by atoms with Crippen LogP contribution in [-0.2, 0) is 4.79 Å². The Hall–Kier alpha value is -1.58. The zero-order valence-corrected chi connectivity index (χ0v) is 9.27. The number of hydrogen-bond donors (Lipinski definition) is 1. The van der Waals surface area contributed by atoms with Crippen LogP contribution in [0, 0.1) is 6.92 Å². The fourth-order valence-electron chi connectivity index (χ4n) is 1.28. The Morgan fingerprint density at radius 2 is 2.27 bits per heavy atom. The third kappa shape index (κ3) is 3.23. The molecule has 0 amide bonds. The van der Waals surface area contributed by atoms with Gasteiger partial charge in [-0.3, -0.25) is 4.79 Å². The van der Waals surface area contributed by atoms with E-state index in [0.717, 1.165) is 11.4 Å². The van der Waals surface area contributed by atoms with Crippen molar-refractivity contribution in [3.63, 3.8) is 0 Å². The Kier molecular flexibility index (Phi) is 3.66. The zero-order chi connectivity index (χ0) is 11.4. The summed E-state index contributed by atoms with van der Waals surface area (Å²) >= 11 is 0. The Balaban J connectivity index is 2.71. The zero-order valence-electron chi connectivity index (χ0n) is 9.27. The summed E-state index contributed by atoms with van der Waals surface area (Å²) in [7, 11) is 1.85. The fourth-order valence-corrected chi connectivity index (χ4v) is 1.28. The largest absolute Gasteiger partial charge is 0.481 e. The van der Waals surface area contributed by atoms with E-state index in [2.05, 4.69) is 4.98 Å². The lowest BCUT2D eigenvalue weighted by Gasteiger charge is -2.24. The lowest BCUT2D eigenvalue weighted by molar-refractivity contribution is -0.137. The van der Waals surface area contributed by atoms with Crippen molar-refractivity contribution >= 4 is 11.8 Å². The minimum atomic E-state index is -0.790. The van der Waals surface area contributed by atoms with Crippen molar-refractivity contribution in [1.82, 2.24) is 4.98 Å². The third-order valence-electron chi connectivity index (χ3n) is 2.39. The minimum Gasteiger partial charge on any atom is -0.481 e. The topological polar surface area (TPSA) is 53.4 Å². The maximum absolute atomic E-state index is 10.6. The predicted molar refractivity (Wildman–Crippen MR) is 59.1 cm³/mol. The predicted octanol–water partition coefficient (Wildman–Crippen LogP) is 1.69. The summed E-state index contributed by atoms with van der Waals surface area (Å²) in [5, 5.41) is 8.68. The van der Waals surface area contributed by atoms with Crippen molar-refractivity contribution in [3.8, 4) is 0 Å². The number of hydrogen-bond acceptors (Lipinski definition) is 3. The molecule has 4 heteroatoms. The number of carboxylic acids is 1. The van der Waals surface area contributed by atoms with Gasteiger partial charge in [-0.2, -0.15) is 0 Å². The van der Waals surface area contributed by atoms with Gasteiger partial charge in [0.2, 0.25) is 0 Å². The molecule has 1 aromatic heterocycles. The first-order chi connectivity index (χ1) is 7.00. The van der Waals surface area contributed by atoms with Crippen LogP contribution >= 0.6 is 0 Å². The van der Waals surface area contributed by atoms with Gasteiger partial charge in [-0.1, -0.05) is 6.07 Å². The van der Waals surface area contributed by atoms with Gasteiger partial charge in [0, 0.05) is 19.3 Å². The molecule has 1 aromatic rings. The molecule has 0 aliphatic rings. The second kappa shape index (κ2) is 4.77. The Labute approximate surface area is 89.6 Å². The first kappa shape index (κ1) is 11.5. The lowest BCUT2D eigenvalue weighted by atomic mass is 10.2. The SMILES string of the molecule is Cc1ccc(N(C)C(C)CC(=O)O)nc1. The molecule has 0 aromatic carbocycles. The number of anilines is 1. The van der Waals surface area contributed by atoms with Gasteiger partial charge < -0.3 is 10.0 Å². The van der Waals surface area contributed by atoms with Crippen LogP contribution in [0.4, 0.5) is 5.82 Å². The van der Waals surface area contributed by atoms with Crippen molar-refractivity contribution in [3.05, 3.63) is 23.9 Å². The minimum absolute atomic E-state index is 0.0577. The maximum Gasteiger partial charge on any atom is 0.305 e. The van der Waals surface area contributed by atoms with Crippen LogP contribution in [-0.4, -0.2) is 29.1 Å². The summed E-state index contributed by atoms with van der Waals surface area (Å²) in [5.41, 5.74) is 1.10. The molecule has 1 heterocycles. The molecule has 1 unspecified atom stereocenters. The molecule has 15 heavy (non-hydrogen) atoms. The van der Waals surface area contributed by atoms with E-state index in [-0.39, 0.29) is 12.5 Å². The van der Waals surface area contributed by atoms with Gasteiger partial charge in [0.1, 0.15) is 5.82 Å². The number of nitrogens with zero attached hydrogens (tertiary/aromatic N) is 2. The van der Waals surface area contributed by atoms with Crippen LogP contribution in [0.25, 0.3) is 0 Å². The second-order valence-corrected chi connectivity index (χ2v) is 3.75. The summed E-state index contributed by atoms with van der Waals surface area (Å²) in [4.78, 5) is 16.7. The molecule has 1 atom stereocenters. The highest BCUT2D eigenvalue weighted by Gasteiger charge is 2.14. The van der Waals surface area contributed by atoms with Gasteiger partial charge in [-0.25, -0.2) is 4.98 Å². The summed E-state index contributed by atoms with van der Waals surface area (Å²) < 4.78 is 0. The van der Waals surface area contributed by atoms with Gasteiger partial charge in [-0.05, 0) is 25.5 Å². The average molecular weight is 208 g/mol. The molecule has 4 nitrogen and oxygen atoms in total. The molecular weight excluding hydrogens is 192 g/mol. The van der Waals surface area contributed by atoms with Crippen LogP contribution in [0.3, 0.4) is 0 Å². The highest BCUT2D eigenvalue weighted by atomic mass is 16.4. The van der Waals surface area contributed by atoms with Gasteiger partial charge in [-0.15, -0.1) is 0 Å². The summed E-state index contributed by atoms with van der Waals surface area (Å²) in [6.07, 6.45) is 1.89.